The van der Waals surface area contributed by atoms with E-state index in [9.17, 15) is 0 Å². The molecule has 1 heterocycles. The lowest BCUT2D eigenvalue weighted by atomic mass is 9.99. The highest BCUT2D eigenvalue weighted by atomic mass is 32.1. The Morgan fingerprint density at radius 3 is 2.71 bits per heavy atom. The van der Waals surface area contributed by atoms with Crippen LogP contribution in [-0.2, 0) is 6.42 Å². The first-order chi connectivity index (χ1) is 10.3. The van der Waals surface area contributed by atoms with E-state index in [4.69, 9.17) is 5.73 Å². The summed E-state index contributed by atoms with van der Waals surface area (Å²) in [6, 6.07) is 17.3. The van der Waals surface area contributed by atoms with E-state index in [1.165, 1.54) is 31.0 Å². The van der Waals surface area contributed by atoms with E-state index in [1.54, 1.807) is 0 Å². The standard InChI is InChI=1S/C19H17NS/c20-16-10-5-9-15-18-14(12-13-6-2-1-3-7-13)8-4-11-17(18)21-19(15)16/h1-4,6-9,11H,5,10,12,20H2. The highest BCUT2D eigenvalue weighted by Gasteiger charge is 2.11. The molecule has 0 atom stereocenters. The minimum absolute atomic E-state index is 0.981. The lowest BCUT2D eigenvalue weighted by molar-refractivity contribution is 1.06. The van der Waals surface area contributed by atoms with Gasteiger partial charge in [-0.2, -0.15) is 0 Å². The summed E-state index contributed by atoms with van der Waals surface area (Å²) in [4.78, 5) is 0. The monoisotopic (exact) mass is 291 g/mol. The van der Waals surface area contributed by atoms with Gasteiger partial charge in [0, 0.05) is 15.8 Å². The molecule has 2 N–H and O–H groups in total. The van der Waals surface area contributed by atoms with Crippen molar-refractivity contribution in [1.29, 1.82) is 0 Å². The van der Waals surface area contributed by atoms with E-state index < -0.39 is 0 Å². The average Bonchev–Trinajstić information content (AvgIpc) is 2.90. The van der Waals surface area contributed by atoms with E-state index in [0.717, 1.165) is 25.0 Å². The predicted octanol–water partition coefficient (Wildman–Crippen LogP) is 3.13. The first-order valence-electron chi connectivity index (χ1n) is 7.36. The molecule has 0 bridgehead atoms. The Balaban J connectivity index is 1.97. The lowest BCUT2D eigenvalue weighted by Crippen LogP contribution is -2.28. The third kappa shape index (κ3) is 2.16. The van der Waals surface area contributed by atoms with Crippen molar-refractivity contribution in [1.82, 2.24) is 0 Å². The van der Waals surface area contributed by atoms with Gasteiger partial charge in [0.25, 0.3) is 0 Å². The second-order valence-electron chi connectivity index (χ2n) is 5.57. The Morgan fingerprint density at radius 1 is 1.00 bits per heavy atom. The number of hydrogen-bond donors (Lipinski definition) is 1. The van der Waals surface area contributed by atoms with Crippen LogP contribution in [0.25, 0.3) is 21.9 Å². The van der Waals surface area contributed by atoms with Crippen molar-refractivity contribution >= 4 is 33.2 Å². The molecular weight excluding hydrogens is 274 g/mol. The number of benzene rings is 2. The third-order valence-corrected chi connectivity index (χ3v) is 5.38. The lowest BCUT2D eigenvalue weighted by Gasteiger charge is -2.06. The maximum atomic E-state index is 6.22. The Morgan fingerprint density at radius 2 is 1.86 bits per heavy atom. The molecule has 0 spiro atoms. The van der Waals surface area contributed by atoms with E-state index in [0.29, 0.717) is 0 Å². The van der Waals surface area contributed by atoms with Crippen molar-refractivity contribution in [2.24, 2.45) is 5.73 Å². The SMILES string of the molecule is NC1=c2sc3cccc(Cc4ccccc4)c3c2=CCC1. The quantitative estimate of drug-likeness (QED) is 0.771. The molecule has 2 heteroatoms. The molecule has 1 aliphatic carbocycles. The molecule has 21 heavy (non-hydrogen) atoms. The molecule has 1 aliphatic rings. The molecule has 3 aromatic rings. The van der Waals surface area contributed by atoms with Gasteiger partial charge in [0.05, 0.1) is 4.53 Å². The molecule has 104 valence electrons. The highest BCUT2D eigenvalue weighted by molar-refractivity contribution is 7.17. The van der Waals surface area contributed by atoms with E-state index in [-0.39, 0.29) is 0 Å². The van der Waals surface area contributed by atoms with Crippen LogP contribution in [0, 0.1) is 0 Å². The van der Waals surface area contributed by atoms with Crippen LogP contribution in [0.4, 0.5) is 0 Å². The van der Waals surface area contributed by atoms with Crippen LogP contribution in [-0.4, -0.2) is 0 Å². The summed E-state index contributed by atoms with van der Waals surface area (Å²) in [6.45, 7) is 0. The molecular formula is C19H17NS. The summed E-state index contributed by atoms with van der Waals surface area (Å²) in [6.07, 6.45) is 5.40. The van der Waals surface area contributed by atoms with Crippen LogP contribution in [0.3, 0.4) is 0 Å². The van der Waals surface area contributed by atoms with Crippen molar-refractivity contribution in [2.75, 3.05) is 0 Å². The van der Waals surface area contributed by atoms with E-state index >= 15 is 0 Å². The summed E-state index contributed by atoms with van der Waals surface area (Å²) in [5.41, 5.74) is 10.0. The molecule has 0 aliphatic heterocycles. The number of fused-ring (bicyclic) bond motifs is 3. The molecule has 0 amide bonds. The van der Waals surface area contributed by atoms with Crippen molar-refractivity contribution in [3.05, 3.63) is 69.4 Å². The van der Waals surface area contributed by atoms with Crippen LogP contribution >= 0.6 is 11.3 Å². The highest BCUT2D eigenvalue weighted by Crippen LogP contribution is 2.22. The second-order valence-corrected chi connectivity index (χ2v) is 6.62. The molecule has 0 saturated carbocycles. The summed E-state index contributed by atoms with van der Waals surface area (Å²) in [5, 5.41) is 2.77. The zero-order valence-corrected chi connectivity index (χ0v) is 12.6. The Bertz CT molecular complexity index is 919. The molecule has 0 fully saturated rings. The van der Waals surface area contributed by atoms with Crippen molar-refractivity contribution in [3.63, 3.8) is 0 Å². The van der Waals surface area contributed by atoms with Crippen molar-refractivity contribution in [3.8, 4) is 0 Å². The molecule has 1 aromatic heterocycles. The molecule has 0 unspecified atom stereocenters. The van der Waals surface area contributed by atoms with Gasteiger partial charge in [0.2, 0.25) is 0 Å². The molecule has 4 rings (SSSR count). The smallest absolute Gasteiger partial charge is 0.0539 e. The normalized spacial score (nSPS) is 14.0. The number of rotatable bonds is 2. The van der Waals surface area contributed by atoms with E-state index in [2.05, 4.69) is 54.6 Å². The fraction of sp³-hybridized carbons (Fsp3) is 0.158. The molecule has 2 aromatic carbocycles. The van der Waals surface area contributed by atoms with Crippen molar-refractivity contribution in [2.45, 2.75) is 19.3 Å². The fourth-order valence-electron chi connectivity index (χ4n) is 3.13. The van der Waals surface area contributed by atoms with Gasteiger partial charge >= 0.3 is 0 Å². The minimum Gasteiger partial charge on any atom is -0.401 e. The Kier molecular flexibility index (Phi) is 3.04. The maximum Gasteiger partial charge on any atom is 0.0539 e. The van der Waals surface area contributed by atoms with Gasteiger partial charge in [-0.15, -0.1) is 11.3 Å². The Hall–Kier alpha value is -2.06. The number of nitrogens with two attached hydrogens (primary N) is 1. The Labute approximate surface area is 128 Å². The van der Waals surface area contributed by atoms with Crippen LogP contribution in [0.5, 0.6) is 0 Å². The van der Waals surface area contributed by atoms with Crippen LogP contribution in [0.15, 0.2) is 48.5 Å². The first-order valence-corrected chi connectivity index (χ1v) is 8.18. The van der Waals surface area contributed by atoms with Gasteiger partial charge in [-0.1, -0.05) is 48.5 Å². The number of hydrogen-bond acceptors (Lipinski definition) is 2. The predicted molar refractivity (Wildman–Crippen MR) is 91.6 cm³/mol. The second kappa shape index (κ2) is 5.05. The first kappa shape index (κ1) is 12.7. The van der Waals surface area contributed by atoms with Crippen LogP contribution < -0.4 is 15.5 Å². The largest absolute Gasteiger partial charge is 0.401 e. The van der Waals surface area contributed by atoms with Gasteiger partial charge in [-0.25, -0.2) is 0 Å². The van der Waals surface area contributed by atoms with Crippen LogP contribution in [0.2, 0.25) is 0 Å². The third-order valence-electron chi connectivity index (χ3n) is 4.13. The zero-order valence-electron chi connectivity index (χ0n) is 11.8. The van der Waals surface area contributed by atoms with Gasteiger partial charge < -0.3 is 5.73 Å². The van der Waals surface area contributed by atoms with Gasteiger partial charge in [0.15, 0.2) is 0 Å². The summed E-state index contributed by atoms with van der Waals surface area (Å²) >= 11 is 1.84. The van der Waals surface area contributed by atoms with Gasteiger partial charge in [0.1, 0.15) is 0 Å². The summed E-state index contributed by atoms with van der Waals surface area (Å²) < 4.78 is 2.64. The summed E-state index contributed by atoms with van der Waals surface area (Å²) in [7, 11) is 0. The zero-order chi connectivity index (χ0) is 14.2. The maximum absolute atomic E-state index is 6.22. The van der Waals surface area contributed by atoms with E-state index in [1.807, 2.05) is 11.3 Å². The average molecular weight is 291 g/mol. The number of thiophene rings is 1. The topological polar surface area (TPSA) is 26.0 Å². The minimum atomic E-state index is 0.981. The van der Waals surface area contributed by atoms with Crippen molar-refractivity contribution < 1.29 is 0 Å². The van der Waals surface area contributed by atoms with Gasteiger partial charge in [-0.3, -0.25) is 0 Å². The molecule has 0 radical (unpaired) electrons. The van der Waals surface area contributed by atoms with Gasteiger partial charge in [-0.05, 0) is 41.7 Å². The fourth-order valence-corrected chi connectivity index (χ4v) is 4.37. The summed E-state index contributed by atoms with van der Waals surface area (Å²) in [5.74, 6) is 0. The van der Waals surface area contributed by atoms with Crippen LogP contribution in [0.1, 0.15) is 24.0 Å². The molecule has 1 nitrogen and oxygen atoms in total. The molecule has 0 saturated heterocycles.